The molecule has 1 aliphatic heterocycles. The second-order valence-electron chi connectivity index (χ2n) is 7.30. The van der Waals surface area contributed by atoms with E-state index < -0.39 is 11.4 Å². The van der Waals surface area contributed by atoms with E-state index in [4.69, 9.17) is 11.6 Å². The molecule has 31 heavy (non-hydrogen) atoms. The number of aryl methyl sites for hydroxylation is 1. The van der Waals surface area contributed by atoms with Crippen LogP contribution in [-0.2, 0) is 4.79 Å². The number of anilines is 1. The highest BCUT2D eigenvalue weighted by Crippen LogP contribution is 2.43. The molecule has 7 heteroatoms. The monoisotopic (exact) mass is 454 g/mol. The lowest BCUT2D eigenvalue weighted by Gasteiger charge is -2.29. The van der Waals surface area contributed by atoms with E-state index in [0.29, 0.717) is 22.0 Å². The van der Waals surface area contributed by atoms with E-state index >= 15 is 0 Å². The van der Waals surface area contributed by atoms with Gasteiger partial charge in [0.2, 0.25) is 5.91 Å². The number of carbonyl (C=O) groups excluding carboxylic acids is 2. The fourth-order valence-electron chi connectivity index (χ4n) is 3.48. The summed E-state index contributed by atoms with van der Waals surface area (Å²) in [6.45, 7) is 1.97. The number of hydrogen-bond acceptors (Lipinski definition) is 3. The van der Waals surface area contributed by atoms with Crippen LogP contribution >= 0.6 is 23.4 Å². The molecule has 3 aromatic rings. The molecule has 0 aliphatic carbocycles. The molecule has 0 radical (unpaired) electrons. The fourth-order valence-corrected chi connectivity index (χ4v) is 5.12. The summed E-state index contributed by atoms with van der Waals surface area (Å²) < 4.78 is 13.5. The Morgan fingerprint density at radius 1 is 1.03 bits per heavy atom. The summed E-state index contributed by atoms with van der Waals surface area (Å²) in [5.41, 5.74) is 2.82. The minimum atomic E-state index is -0.704. The van der Waals surface area contributed by atoms with Crippen LogP contribution in [0.5, 0.6) is 0 Å². The second kappa shape index (κ2) is 9.12. The average molecular weight is 455 g/mol. The van der Waals surface area contributed by atoms with Gasteiger partial charge in [-0.05, 0) is 48.9 Å². The predicted molar refractivity (Wildman–Crippen MR) is 123 cm³/mol. The molecule has 3 aromatic carbocycles. The summed E-state index contributed by atoms with van der Waals surface area (Å²) in [7, 11) is 0. The topological polar surface area (TPSA) is 49.4 Å². The van der Waals surface area contributed by atoms with Crippen LogP contribution in [0.25, 0.3) is 0 Å². The molecule has 0 bridgehead atoms. The summed E-state index contributed by atoms with van der Waals surface area (Å²) in [6.07, 6.45) is 0. The van der Waals surface area contributed by atoms with Gasteiger partial charge in [0.15, 0.2) is 0 Å². The van der Waals surface area contributed by atoms with E-state index in [1.54, 1.807) is 41.3 Å². The highest BCUT2D eigenvalue weighted by molar-refractivity contribution is 7.99. The third-order valence-corrected chi connectivity index (χ3v) is 6.77. The van der Waals surface area contributed by atoms with Crippen molar-refractivity contribution in [1.82, 2.24) is 4.90 Å². The first kappa shape index (κ1) is 21.4. The van der Waals surface area contributed by atoms with Gasteiger partial charge in [-0.25, -0.2) is 4.39 Å². The van der Waals surface area contributed by atoms with Crippen molar-refractivity contribution in [3.63, 3.8) is 0 Å². The highest BCUT2D eigenvalue weighted by atomic mass is 35.5. The smallest absolute Gasteiger partial charge is 0.257 e. The number of nitrogens with one attached hydrogen (secondary N) is 1. The predicted octanol–water partition coefficient (Wildman–Crippen LogP) is 5.68. The van der Waals surface area contributed by atoms with Crippen molar-refractivity contribution in [1.29, 1.82) is 0 Å². The van der Waals surface area contributed by atoms with Gasteiger partial charge in [0.25, 0.3) is 5.91 Å². The van der Waals surface area contributed by atoms with Crippen molar-refractivity contribution in [2.75, 3.05) is 11.1 Å². The Labute approximate surface area is 189 Å². The van der Waals surface area contributed by atoms with Crippen LogP contribution < -0.4 is 5.32 Å². The summed E-state index contributed by atoms with van der Waals surface area (Å²) in [6, 6.07) is 19.5. The highest BCUT2D eigenvalue weighted by Gasteiger charge is 2.43. The van der Waals surface area contributed by atoms with Crippen molar-refractivity contribution < 1.29 is 14.0 Å². The molecule has 0 saturated carbocycles. The molecule has 158 valence electrons. The Bertz CT molecular complexity index is 1110. The molecule has 1 heterocycles. The van der Waals surface area contributed by atoms with Gasteiger partial charge < -0.3 is 10.2 Å². The van der Waals surface area contributed by atoms with Gasteiger partial charge in [0.05, 0.1) is 10.6 Å². The summed E-state index contributed by atoms with van der Waals surface area (Å²) >= 11 is 7.75. The van der Waals surface area contributed by atoms with E-state index in [-0.39, 0.29) is 17.6 Å². The van der Waals surface area contributed by atoms with Crippen LogP contribution in [0.1, 0.15) is 26.9 Å². The zero-order chi connectivity index (χ0) is 22.0. The molecule has 1 fully saturated rings. The zero-order valence-electron chi connectivity index (χ0n) is 16.7. The van der Waals surface area contributed by atoms with E-state index in [0.717, 1.165) is 11.1 Å². The van der Waals surface area contributed by atoms with Crippen molar-refractivity contribution in [2.45, 2.75) is 18.3 Å². The van der Waals surface area contributed by atoms with Crippen molar-refractivity contribution >= 4 is 40.9 Å². The number of hydrogen-bond donors (Lipinski definition) is 1. The largest absolute Gasteiger partial charge is 0.324 e. The number of benzene rings is 3. The van der Waals surface area contributed by atoms with Gasteiger partial charge in [-0.3, -0.25) is 9.59 Å². The third kappa shape index (κ3) is 4.60. The summed E-state index contributed by atoms with van der Waals surface area (Å²) in [5.74, 6) is -0.560. The minimum Gasteiger partial charge on any atom is -0.324 e. The number of thioether (sulfide) groups is 1. The first-order chi connectivity index (χ1) is 14.9. The van der Waals surface area contributed by atoms with E-state index in [9.17, 15) is 14.0 Å². The van der Waals surface area contributed by atoms with Gasteiger partial charge in [-0.15, -0.1) is 11.8 Å². The fraction of sp³-hybridized carbons (Fsp3) is 0.167. The van der Waals surface area contributed by atoms with Crippen LogP contribution in [-0.4, -0.2) is 28.5 Å². The Morgan fingerprint density at radius 2 is 1.71 bits per heavy atom. The first-order valence-corrected chi connectivity index (χ1v) is 11.2. The molecule has 2 unspecified atom stereocenters. The van der Waals surface area contributed by atoms with Crippen molar-refractivity contribution in [3.8, 4) is 0 Å². The third-order valence-electron chi connectivity index (χ3n) is 5.12. The quantitative estimate of drug-likeness (QED) is 0.551. The lowest BCUT2D eigenvalue weighted by molar-refractivity contribution is -0.119. The van der Waals surface area contributed by atoms with Crippen LogP contribution in [0.3, 0.4) is 0 Å². The van der Waals surface area contributed by atoms with Crippen molar-refractivity contribution in [2.24, 2.45) is 0 Å². The maximum absolute atomic E-state index is 13.5. The Kier molecular flexibility index (Phi) is 6.30. The first-order valence-electron chi connectivity index (χ1n) is 9.76. The SMILES string of the molecule is Cc1ccc(NC(=O)C2CSC(c3ccc(F)cc3)N2C(=O)c2ccccc2Cl)cc1. The lowest BCUT2D eigenvalue weighted by Crippen LogP contribution is -2.45. The van der Waals surface area contributed by atoms with E-state index in [1.807, 2.05) is 31.2 Å². The summed E-state index contributed by atoms with van der Waals surface area (Å²) in [5, 5.41) is 2.79. The molecule has 1 N–H and O–H groups in total. The van der Waals surface area contributed by atoms with Gasteiger partial charge in [-0.1, -0.05) is 53.6 Å². The minimum absolute atomic E-state index is 0.277. The Hall–Kier alpha value is -2.83. The second-order valence-corrected chi connectivity index (χ2v) is 8.82. The van der Waals surface area contributed by atoms with Crippen LogP contribution in [0.15, 0.2) is 72.8 Å². The zero-order valence-corrected chi connectivity index (χ0v) is 18.3. The number of carbonyl (C=O) groups is 2. The maximum Gasteiger partial charge on any atom is 0.257 e. The maximum atomic E-state index is 13.5. The van der Waals surface area contributed by atoms with Gasteiger partial charge in [-0.2, -0.15) is 0 Å². The molecule has 4 nitrogen and oxygen atoms in total. The standard InChI is InChI=1S/C24H20ClFN2O2S/c1-15-6-12-18(13-7-15)27-22(29)21-14-31-24(16-8-10-17(26)11-9-16)28(21)23(30)19-4-2-3-5-20(19)25/h2-13,21,24H,14H2,1H3,(H,27,29). The Balaban J connectivity index is 1.67. The normalized spacial score (nSPS) is 18.1. The van der Waals surface area contributed by atoms with Crippen LogP contribution in [0.4, 0.5) is 10.1 Å². The number of nitrogens with zero attached hydrogens (tertiary/aromatic N) is 1. The molecule has 2 amide bonds. The van der Waals surface area contributed by atoms with Gasteiger partial charge in [0.1, 0.15) is 17.2 Å². The van der Waals surface area contributed by atoms with Gasteiger partial charge >= 0.3 is 0 Å². The van der Waals surface area contributed by atoms with E-state index in [1.165, 1.54) is 23.9 Å². The molecule has 2 atom stereocenters. The van der Waals surface area contributed by atoms with Gasteiger partial charge in [0, 0.05) is 11.4 Å². The molecular weight excluding hydrogens is 435 g/mol. The number of halogens is 2. The number of rotatable bonds is 4. The molecule has 4 rings (SSSR count). The molecule has 1 saturated heterocycles. The molecule has 1 aliphatic rings. The van der Waals surface area contributed by atoms with E-state index in [2.05, 4.69) is 5.32 Å². The number of amides is 2. The summed E-state index contributed by atoms with van der Waals surface area (Å²) in [4.78, 5) is 28.2. The lowest BCUT2D eigenvalue weighted by atomic mass is 10.1. The molecule has 0 aromatic heterocycles. The van der Waals surface area contributed by atoms with Crippen molar-refractivity contribution in [3.05, 3.63) is 100 Å². The molecular formula is C24H20ClFN2O2S. The van der Waals surface area contributed by atoms with Crippen LogP contribution in [0, 0.1) is 12.7 Å². The Morgan fingerprint density at radius 3 is 2.39 bits per heavy atom. The average Bonchev–Trinajstić information content (AvgIpc) is 3.21. The van der Waals surface area contributed by atoms with Crippen LogP contribution in [0.2, 0.25) is 5.02 Å². The molecule has 0 spiro atoms.